The molecule has 0 bridgehead atoms. The highest BCUT2D eigenvalue weighted by Gasteiger charge is 2.20. The van der Waals surface area contributed by atoms with E-state index in [1.165, 1.54) is 6.07 Å². The number of carbonyl (C=O) groups is 1. The van der Waals surface area contributed by atoms with Gasteiger partial charge >= 0.3 is 6.09 Å². The number of phenols is 1. The van der Waals surface area contributed by atoms with Crippen molar-refractivity contribution in [2.24, 2.45) is 0 Å². The van der Waals surface area contributed by atoms with Gasteiger partial charge in [-0.1, -0.05) is 12.1 Å². The van der Waals surface area contributed by atoms with Crippen LogP contribution in [0, 0.1) is 6.92 Å². The van der Waals surface area contributed by atoms with E-state index in [-0.39, 0.29) is 12.4 Å². The van der Waals surface area contributed by atoms with Gasteiger partial charge in [0.05, 0.1) is 12.6 Å². The van der Waals surface area contributed by atoms with E-state index in [9.17, 15) is 15.0 Å². The molecule has 5 nitrogen and oxygen atoms in total. The lowest BCUT2D eigenvalue weighted by molar-refractivity contribution is 0.0482. The molecule has 1 aromatic rings. The normalized spacial score (nSPS) is 12.9. The largest absolute Gasteiger partial charge is 0.508 e. The Hall–Kier alpha value is -1.75. The third kappa shape index (κ3) is 4.79. The Balaban J connectivity index is 2.78. The molecule has 106 valence electrons. The molecule has 0 saturated carbocycles. The molecule has 0 radical (unpaired) electrons. The van der Waals surface area contributed by atoms with Crippen molar-refractivity contribution in [3.63, 3.8) is 0 Å². The number of alkyl carbamates (subject to hydrolysis) is 1. The monoisotopic (exact) mass is 267 g/mol. The summed E-state index contributed by atoms with van der Waals surface area (Å²) < 4.78 is 5.13. The summed E-state index contributed by atoms with van der Waals surface area (Å²) in [6, 6.07) is 4.34. The zero-order valence-electron chi connectivity index (χ0n) is 11.7. The van der Waals surface area contributed by atoms with Crippen LogP contribution in [0.1, 0.15) is 37.9 Å². The Morgan fingerprint density at radius 1 is 1.42 bits per heavy atom. The molecule has 0 aromatic heterocycles. The van der Waals surface area contributed by atoms with Crippen LogP contribution in [0.5, 0.6) is 5.75 Å². The Bertz CT molecular complexity index is 451. The second-order valence-corrected chi connectivity index (χ2v) is 5.43. The molecule has 19 heavy (non-hydrogen) atoms. The van der Waals surface area contributed by atoms with Crippen molar-refractivity contribution in [3.8, 4) is 5.75 Å². The summed E-state index contributed by atoms with van der Waals surface area (Å²) in [4.78, 5) is 11.7. The molecule has 1 rings (SSSR count). The van der Waals surface area contributed by atoms with E-state index in [1.54, 1.807) is 39.8 Å². The van der Waals surface area contributed by atoms with Gasteiger partial charge in [-0.05, 0) is 44.9 Å². The van der Waals surface area contributed by atoms with Crippen LogP contribution in [-0.2, 0) is 4.74 Å². The Kier molecular flexibility index (Phi) is 4.78. The van der Waals surface area contributed by atoms with Gasteiger partial charge in [0.25, 0.3) is 0 Å². The maximum atomic E-state index is 11.7. The topological polar surface area (TPSA) is 78.8 Å². The van der Waals surface area contributed by atoms with Crippen molar-refractivity contribution in [1.29, 1.82) is 0 Å². The molecule has 1 aromatic carbocycles. The average Bonchev–Trinajstić information content (AvgIpc) is 2.27. The first-order chi connectivity index (χ1) is 8.73. The summed E-state index contributed by atoms with van der Waals surface area (Å²) in [5.74, 6) is 0.178. The lowest BCUT2D eigenvalue weighted by Crippen LogP contribution is -2.36. The molecule has 3 N–H and O–H groups in total. The minimum Gasteiger partial charge on any atom is -0.508 e. The lowest BCUT2D eigenvalue weighted by Gasteiger charge is -2.23. The maximum Gasteiger partial charge on any atom is 0.408 e. The van der Waals surface area contributed by atoms with Crippen LogP contribution < -0.4 is 5.32 Å². The van der Waals surface area contributed by atoms with Gasteiger partial charge < -0.3 is 20.3 Å². The molecule has 5 heteroatoms. The standard InChI is InChI=1S/C14H21NO4/c1-9-7-10(5-6-12(9)17)11(8-16)15-13(18)19-14(2,3)4/h5-7,11,16-17H,8H2,1-4H3,(H,15,18). The highest BCUT2D eigenvalue weighted by atomic mass is 16.6. The van der Waals surface area contributed by atoms with Crippen molar-refractivity contribution in [3.05, 3.63) is 29.3 Å². The molecular formula is C14H21NO4. The number of amides is 1. The number of carbonyl (C=O) groups excluding carboxylic acids is 1. The van der Waals surface area contributed by atoms with Crippen LogP contribution in [0.25, 0.3) is 0 Å². The van der Waals surface area contributed by atoms with E-state index in [4.69, 9.17) is 4.74 Å². The molecule has 1 amide bonds. The second kappa shape index (κ2) is 5.93. The first-order valence-corrected chi connectivity index (χ1v) is 6.13. The third-order valence-corrected chi connectivity index (χ3v) is 2.50. The van der Waals surface area contributed by atoms with Crippen molar-refractivity contribution < 1.29 is 19.7 Å². The number of phenolic OH excluding ortho intramolecular Hbond substituents is 1. The van der Waals surface area contributed by atoms with Gasteiger partial charge in [-0.15, -0.1) is 0 Å². The van der Waals surface area contributed by atoms with Crippen LogP contribution in [0.2, 0.25) is 0 Å². The molecule has 0 spiro atoms. The number of aromatic hydroxyl groups is 1. The molecule has 0 aliphatic carbocycles. The van der Waals surface area contributed by atoms with E-state index < -0.39 is 17.7 Å². The minimum absolute atomic E-state index is 0.178. The van der Waals surface area contributed by atoms with Crippen molar-refractivity contribution in [2.75, 3.05) is 6.61 Å². The van der Waals surface area contributed by atoms with Crippen LogP contribution in [0.15, 0.2) is 18.2 Å². The number of rotatable bonds is 3. The van der Waals surface area contributed by atoms with Gasteiger partial charge in [0.1, 0.15) is 11.4 Å². The molecule has 0 saturated heterocycles. The predicted molar refractivity (Wildman–Crippen MR) is 72.0 cm³/mol. The number of ether oxygens (including phenoxy) is 1. The first kappa shape index (κ1) is 15.3. The lowest BCUT2D eigenvalue weighted by atomic mass is 10.0. The van der Waals surface area contributed by atoms with Crippen LogP contribution >= 0.6 is 0 Å². The quantitative estimate of drug-likeness (QED) is 0.785. The van der Waals surface area contributed by atoms with E-state index in [0.29, 0.717) is 11.1 Å². The Morgan fingerprint density at radius 3 is 2.53 bits per heavy atom. The SMILES string of the molecule is Cc1cc(C(CO)NC(=O)OC(C)(C)C)ccc1O. The summed E-state index contributed by atoms with van der Waals surface area (Å²) in [5, 5.41) is 21.4. The number of benzene rings is 1. The molecule has 1 atom stereocenters. The fraction of sp³-hybridized carbons (Fsp3) is 0.500. The van der Waals surface area contributed by atoms with Crippen LogP contribution in [0.4, 0.5) is 4.79 Å². The van der Waals surface area contributed by atoms with Crippen molar-refractivity contribution in [1.82, 2.24) is 5.32 Å². The van der Waals surface area contributed by atoms with Gasteiger partial charge in [-0.3, -0.25) is 0 Å². The van der Waals surface area contributed by atoms with E-state index >= 15 is 0 Å². The summed E-state index contributed by atoms with van der Waals surface area (Å²) in [7, 11) is 0. The van der Waals surface area contributed by atoms with Crippen LogP contribution in [-0.4, -0.2) is 28.5 Å². The highest BCUT2D eigenvalue weighted by Crippen LogP contribution is 2.21. The number of hydrogen-bond donors (Lipinski definition) is 3. The fourth-order valence-electron chi connectivity index (χ4n) is 1.58. The van der Waals surface area contributed by atoms with Crippen LogP contribution in [0.3, 0.4) is 0 Å². The highest BCUT2D eigenvalue weighted by molar-refractivity contribution is 5.68. The fourth-order valence-corrected chi connectivity index (χ4v) is 1.58. The zero-order valence-corrected chi connectivity index (χ0v) is 11.7. The molecule has 1 unspecified atom stereocenters. The van der Waals surface area contributed by atoms with Gasteiger partial charge in [0.15, 0.2) is 0 Å². The molecular weight excluding hydrogens is 246 g/mol. The molecule has 0 fully saturated rings. The summed E-state index contributed by atoms with van der Waals surface area (Å²) in [6.45, 7) is 6.81. The summed E-state index contributed by atoms with van der Waals surface area (Å²) in [6.07, 6.45) is -0.586. The van der Waals surface area contributed by atoms with E-state index in [1.807, 2.05) is 0 Å². The first-order valence-electron chi connectivity index (χ1n) is 6.13. The van der Waals surface area contributed by atoms with Crippen molar-refractivity contribution in [2.45, 2.75) is 39.3 Å². The smallest absolute Gasteiger partial charge is 0.408 e. The number of aryl methyl sites for hydroxylation is 1. The van der Waals surface area contributed by atoms with Gasteiger partial charge in [-0.25, -0.2) is 4.79 Å². The van der Waals surface area contributed by atoms with Gasteiger partial charge in [-0.2, -0.15) is 0 Å². The van der Waals surface area contributed by atoms with Gasteiger partial charge in [0, 0.05) is 0 Å². The third-order valence-electron chi connectivity index (χ3n) is 2.50. The van der Waals surface area contributed by atoms with E-state index in [0.717, 1.165) is 0 Å². The summed E-state index contributed by atoms with van der Waals surface area (Å²) in [5.41, 5.74) is 0.806. The number of aliphatic hydroxyl groups excluding tert-OH is 1. The zero-order chi connectivity index (χ0) is 14.6. The second-order valence-electron chi connectivity index (χ2n) is 5.43. The van der Waals surface area contributed by atoms with Crippen molar-refractivity contribution >= 4 is 6.09 Å². The van der Waals surface area contributed by atoms with Gasteiger partial charge in [0.2, 0.25) is 0 Å². The minimum atomic E-state index is -0.588. The molecule has 0 aliphatic rings. The average molecular weight is 267 g/mol. The van der Waals surface area contributed by atoms with E-state index in [2.05, 4.69) is 5.32 Å². The number of aliphatic hydroxyl groups is 1. The Morgan fingerprint density at radius 2 is 2.05 bits per heavy atom. The number of nitrogens with one attached hydrogen (secondary N) is 1. The number of hydrogen-bond acceptors (Lipinski definition) is 4. The predicted octanol–water partition coefficient (Wildman–Crippen LogP) is 2.26. The summed E-state index contributed by atoms with van der Waals surface area (Å²) >= 11 is 0. The maximum absolute atomic E-state index is 11.7. The molecule has 0 heterocycles. The molecule has 0 aliphatic heterocycles. The Labute approximate surface area is 113 Å².